The maximum atomic E-state index is 6.95. The fourth-order valence-corrected chi connectivity index (χ4v) is 8.56. The Balaban J connectivity index is 1.73. The van der Waals surface area contributed by atoms with Crippen LogP contribution in [-0.4, -0.2) is 249 Å². The Morgan fingerprint density at radius 1 is 0.237 bits per heavy atom. The van der Waals surface area contributed by atoms with E-state index in [1.54, 1.807) is 56.9 Å². The quantitative estimate of drug-likeness (QED) is 0.119. The van der Waals surface area contributed by atoms with Crippen LogP contribution in [0.3, 0.4) is 0 Å². The molecule has 0 unspecified atom stereocenters. The van der Waals surface area contributed by atoms with Crippen LogP contribution in [0.1, 0.15) is 0 Å². The van der Waals surface area contributed by atoms with Crippen molar-refractivity contribution in [3.05, 3.63) is 0 Å². The van der Waals surface area contributed by atoms with Gasteiger partial charge in [0, 0.05) is 99.5 Å². The van der Waals surface area contributed by atoms with E-state index in [-0.39, 0.29) is 26.4 Å². The van der Waals surface area contributed by atoms with Gasteiger partial charge in [-0.15, -0.1) is 0 Å². The molecular weight excluding hydrogens is 792 g/mol. The van der Waals surface area contributed by atoms with Gasteiger partial charge in [0.1, 0.15) is 97.7 Å². The molecule has 4 aliphatic rings. The summed E-state index contributed by atoms with van der Waals surface area (Å²) in [5.41, 5.74) is 0. The summed E-state index contributed by atoms with van der Waals surface area (Å²) in [6.45, 7) is 0.580. The predicted octanol–water partition coefficient (Wildman–Crippen LogP) is -0.591. The molecule has 0 bridgehead atoms. The lowest BCUT2D eigenvalue weighted by Gasteiger charge is -2.52. The van der Waals surface area contributed by atoms with Crippen molar-refractivity contribution >= 4 is 0 Å². The highest BCUT2D eigenvalue weighted by Gasteiger charge is 2.58. The van der Waals surface area contributed by atoms with Crippen LogP contribution in [0.4, 0.5) is 0 Å². The molecule has 0 N–H and O–H groups in total. The second-order valence-electron chi connectivity index (χ2n) is 14.3. The van der Waals surface area contributed by atoms with Crippen molar-refractivity contribution in [2.45, 2.75) is 123 Å². The van der Waals surface area contributed by atoms with E-state index in [0.717, 1.165) is 0 Å². The second kappa shape index (κ2) is 25.5. The van der Waals surface area contributed by atoms with Gasteiger partial charge in [0.2, 0.25) is 0 Å². The van der Waals surface area contributed by atoms with Gasteiger partial charge < -0.3 is 99.5 Å². The standard InChI is InChI=1S/C38H70O21/c1-39-15-19-23(43-5)27(47-9)31(48-10)36(54-19)58-29-25(45-7)21(17-41-3)56-38(33(29)50-12)59-30-26(46-8)22(18-42-4)55-37(34(30)51-13)57-28-24(44-6)20(16-40-2)53-35(52-14)32(28)49-11/h19-38H,15-18H2,1-14H3/t19-,20-,21-,22-,23-,24-,25-,26-,27+,28+,29+,30+,31-,32-,33-,34-,35-,36+,37+,38+/m1/s1. The summed E-state index contributed by atoms with van der Waals surface area (Å²) >= 11 is 0. The Kier molecular flexibility index (Phi) is 21.9. The first-order chi connectivity index (χ1) is 28.7. The average molecular weight is 863 g/mol. The van der Waals surface area contributed by atoms with E-state index < -0.39 is 123 Å². The Morgan fingerprint density at radius 2 is 0.458 bits per heavy atom. The molecule has 59 heavy (non-hydrogen) atoms. The van der Waals surface area contributed by atoms with Gasteiger partial charge in [-0.3, -0.25) is 0 Å². The fraction of sp³-hybridized carbons (Fsp3) is 1.00. The first-order valence-corrected chi connectivity index (χ1v) is 19.5. The number of methoxy groups -OCH3 is 14. The molecule has 0 aromatic carbocycles. The minimum Gasteiger partial charge on any atom is -0.382 e. The van der Waals surface area contributed by atoms with Crippen molar-refractivity contribution in [1.29, 1.82) is 0 Å². The van der Waals surface area contributed by atoms with Gasteiger partial charge in [-0.1, -0.05) is 0 Å². The minimum atomic E-state index is -1.14. The van der Waals surface area contributed by atoms with Gasteiger partial charge in [-0.25, -0.2) is 0 Å². The third-order valence-electron chi connectivity index (χ3n) is 11.2. The van der Waals surface area contributed by atoms with Crippen molar-refractivity contribution in [3.8, 4) is 0 Å². The van der Waals surface area contributed by atoms with Crippen LogP contribution in [-0.2, 0) is 99.5 Å². The van der Waals surface area contributed by atoms with Crippen LogP contribution >= 0.6 is 0 Å². The van der Waals surface area contributed by atoms with Gasteiger partial charge >= 0.3 is 0 Å². The number of hydrogen-bond acceptors (Lipinski definition) is 21. The largest absolute Gasteiger partial charge is 0.382 e. The molecule has 0 aliphatic carbocycles. The molecule has 0 radical (unpaired) electrons. The van der Waals surface area contributed by atoms with Crippen molar-refractivity contribution in [3.63, 3.8) is 0 Å². The van der Waals surface area contributed by atoms with Crippen LogP contribution < -0.4 is 0 Å². The van der Waals surface area contributed by atoms with Crippen molar-refractivity contribution in [1.82, 2.24) is 0 Å². The lowest BCUT2D eigenvalue weighted by molar-refractivity contribution is -0.396. The molecule has 0 spiro atoms. The maximum absolute atomic E-state index is 6.95. The van der Waals surface area contributed by atoms with E-state index >= 15 is 0 Å². The molecule has 0 aromatic heterocycles. The number of hydrogen-bond donors (Lipinski definition) is 0. The van der Waals surface area contributed by atoms with Crippen LogP contribution in [0.5, 0.6) is 0 Å². The second-order valence-corrected chi connectivity index (χ2v) is 14.3. The smallest absolute Gasteiger partial charge is 0.187 e. The first kappa shape index (κ1) is 50.8. The van der Waals surface area contributed by atoms with Crippen LogP contribution in [0.25, 0.3) is 0 Å². The maximum Gasteiger partial charge on any atom is 0.187 e. The van der Waals surface area contributed by atoms with Gasteiger partial charge in [0.25, 0.3) is 0 Å². The van der Waals surface area contributed by atoms with Crippen LogP contribution in [0.2, 0.25) is 0 Å². The molecule has 0 amide bonds. The fourth-order valence-electron chi connectivity index (χ4n) is 8.56. The summed E-state index contributed by atoms with van der Waals surface area (Å²) in [5.74, 6) is 0. The Morgan fingerprint density at radius 3 is 0.695 bits per heavy atom. The molecule has 4 aliphatic heterocycles. The highest BCUT2D eigenvalue weighted by atomic mass is 16.8. The van der Waals surface area contributed by atoms with E-state index in [2.05, 4.69) is 0 Å². The summed E-state index contributed by atoms with van der Waals surface area (Å²) in [6, 6.07) is 0. The Labute approximate surface area is 348 Å². The average Bonchev–Trinajstić information content (AvgIpc) is 3.23. The number of ether oxygens (including phenoxy) is 21. The Bertz CT molecular complexity index is 1150. The van der Waals surface area contributed by atoms with E-state index in [4.69, 9.17) is 99.5 Å². The zero-order valence-electron chi connectivity index (χ0n) is 36.9. The van der Waals surface area contributed by atoms with Gasteiger partial charge in [-0.2, -0.15) is 0 Å². The molecule has 0 saturated carbocycles. The third kappa shape index (κ3) is 11.5. The monoisotopic (exact) mass is 862 g/mol. The molecule has 0 aromatic rings. The van der Waals surface area contributed by atoms with Crippen LogP contribution in [0.15, 0.2) is 0 Å². The Hall–Kier alpha value is -0.840. The molecule has 20 atom stereocenters. The highest BCUT2D eigenvalue weighted by molar-refractivity contribution is 5.00. The van der Waals surface area contributed by atoms with E-state index in [9.17, 15) is 0 Å². The molecule has 4 heterocycles. The molecule has 21 nitrogen and oxygen atoms in total. The van der Waals surface area contributed by atoms with E-state index in [1.165, 1.54) is 42.7 Å². The van der Waals surface area contributed by atoms with Gasteiger partial charge in [0.05, 0.1) is 26.4 Å². The predicted molar refractivity (Wildman–Crippen MR) is 201 cm³/mol. The first-order valence-electron chi connectivity index (χ1n) is 19.5. The molecule has 4 saturated heterocycles. The lowest BCUT2D eigenvalue weighted by Crippen LogP contribution is -2.69. The third-order valence-corrected chi connectivity index (χ3v) is 11.2. The zero-order valence-corrected chi connectivity index (χ0v) is 36.9. The topological polar surface area (TPSA) is 194 Å². The van der Waals surface area contributed by atoms with E-state index in [0.29, 0.717) is 0 Å². The van der Waals surface area contributed by atoms with Crippen molar-refractivity contribution in [2.75, 3.05) is 126 Å². The zero-order chi connectivity index (χ0) is 43.2. The minimum absolute atomic E-state index is 0.100. The summed E-state index contributed by atoms with van der Waals surface area (Å²) in [5, 5.41) is 0. The molecule has 4 rings (SSSR count). The highest BCUT2D eigenvalue weighted by Crippen LogP contribution is 2.38. The summed E-state index contributed by atoms with van der Waals surface area (Å²) in [6.07, 6.45) is -16.1. The summed E-state index contributed by atoms with van der Waals surface area (Å²) in [7, 11) is 21.6. The molecule has 348 valence electrons. The molecule has 4 fully saturated rings. The van der Waals surface area contributed by atoms with Gasteiger partial charge in [-0.05, 0) is 0 Å². The van der Waals surface area contributed by atoms with Gasteiger partial charge in [0.15, 0.2) is 25.2 Å². The number of rotatable bonds is 24. The van der Waals surface area contributed by atoms with Crippen LogP contribution in [0, 0.1) is 0 Å². The van der Waals surface area contributed by atoms with Crippen molar-refractivity contribution < 1.29 is 99.5 Å². The van der Waals surface area contributed by atoms with Crippen molar-refractivity contribution in [2.24, 2.45) is 0 Å². The molecule has 21 heteroatoms. The lowest BCUT2D eigenvalue weighted by atomic mass is 9.95. The normalized spacial score (nSPS) is 43.2. The molecular formula is C38H70O21. The summed E-state index contributed by atoms with van der Waals surface area (Å²) < 4.78 is 128. The van der Waals surface area contributed by atoms with E-state index in [1.807, 2.05) is 0 Å². The SMILES string of the molecule is COC[C@H]1O[C@@H](O[C@@H]2[C@@H](OC)[C@H](O[C@@H]3[C@@H](OC)[C@H](O[C@@H]4[C@@H](OC)[C@H](OC)O[C@H](COC)[C@H]4OC)O[C@H](COC)[C@H]3OC)O[C@H](COC)[C@H]2OC)[C@H](OC)[C@@H](OC)[C@@H]1OC. The summed E-state index contributed by atoms with van der Waals surface area (Å²) in [4.78, 5) is 0.